The van der Waals surface area contributed by atoms with Crippen LogP contribution < -0.4 is 5.73 Å². The first-order valence-electron chi connectivity index (χ1n) is 4.81. The minimum atomic E-state index is -0.706. The maximum atomic E-state index is 12.0. The molecule has 0 aliphatic heterocycles. The number of amidine groups is 1. The molecule has 0 heterocycles. The van der Waals surface area contributed by atoms with E-state index in [1.54, 1.807) is 23.7 Å². The second kappa shape index (κ2) is 4.74. The van der Waals surface area contributed by atoms with Crippen molar-refractivity contribution in [2.45, 2.75) is 12.8 Å². The third kappa shape index (κ3) is 2.37. The first-order valence-corrected chi connectivity index (χ1v) is 6.20. The molecule has 0 bridgehead atoms. The molecule has 15 heavy (non-hydrogen) atoms. The minimum absolute atomic E-state index is 0.0353. The van der Waals surface area contributed by atoms with E-state index in [9.17, 15) is 4.79 Å². The SMILES string of the molecule is CSCCN(C)C(=O)C1(C(N)=NO)CC1. The highest BCUT2D eigenvalue weighted by Crippen LogP contribution is 2.47. The summed E-state index contributed by atoms with van der Waals surface area (Å²) in [6.45, 7) is 0.695. The van der Waals surface area contributed by atoms with Gasteiger partial charge in [-0.05, 0) is 19.1 Å². The van der Waals surface area contributed by atoms with Crippen LogP contribution in [0.5, 0.6) is 0 Å². The molecular weight excluding hydrogens is 214 g/mol. The van der Waals surface area contributed by atoms with Gasteiger partial charge in [0.2, 0.25) is 5.91 Å². The summed E-state index contributed by atoms with van der Waals surface area (Å²) in [5, 5.41) is 11.6. The van der Waals surface area contributed by atoms with E-state index < -0.39 is 5.41 Å². The lowest BCUT2D eigenvalue weighted by atomic mass is 10.0. The van der Waals surface area contributed by atoms with Gasteiger partial charge in [0.05, 0.1) is 0 Å². The second-order valence-corrected chi connectivity index (χ2v) is 4.77. The van der Waals surface area contributed by atoms with Crippen LogP contribution in [0.1, 0.15) is 12.8 Å². The summed E-state index contributed by atoms with van der Waals surface area (Å²) in [5.41, 5.74) is 4.82. The van der Waals surface area contributed by atoms with Crippen molar-refractivity contribution in [3.8, 4) is 0 Å². The van der Waals surface area contributed by atoms with Crippen molar-refractivity contribution < 1.29 is 10.0 Å². The number of nitrogens with two attached hydrogens (primary N) is 1. The maximum Gasteiger partial charge on any atom is 0.236 e. The van der Waals surface area contributed by atoms with E-state index >= 15 is 0 Å². The molecule has 0 aromatic rings. The molecule has 1 fully saturated rings. The molecule has 1 amide bonds. The highest BCUT2D eigenvalue weighted by Gasteiger charge is 2.55. The van der Waals surface area contributed by atoms with E-state index in [0.29, 0.717) is 19.4 Å². The van der Waals surface area contributed by atoms with Crippen molar-refractivity contribution in [2.75, 3.05) is 25.6 Å². The van der Waals surface area contributed by atoms with Crippen LogP contribution in [0.2, 0.25) is 0 Å². The summed E-state index contributed by atoms with van der Waals surface area (Å²) in [7, 11) is 1.75. The van der Waals surface area contributed by atoms with Crippen LogP contribution in [0.4, 0.5) is 0 Å². The zero-order valence-electron chi connectivity index (χ0n) is 9.06. The van der Waals surface area contributed by atoms with Crippen LogP contribution in [0.25, 0.3) is 0 Å². The lowest BCUT2D eigenvalue weighted by Gasteiger charge is -2.22. The summed E-state index contributed by atoms with van der Waals surface area (Å²) in [5.74, 6) is 0.907. The molecular formula is C9H17N3O2S. The molecule has 1 aliphatic carbocycles. The first-order chi connectivity index (χ1) is 7.08. The van der Waals surface area contributed by atoms with Gasteiger partial charge in [-0.1, -0.05) is 5.16 Å². The van der Waals surface area contributed by atoms with E-state index in [4.69, 9.17) is 10.9 Å². The molecule has 1 saturated carbocycles. The fraction of sp³-hybridized carbons (Fsp3) is 0.778. The number of thioether (sulfide) groups is 1. The van der Waals surface area contributed by atoms with Gasteiger partial charge in [0, 0.05) is 19.3 Å². The number of oxime groups is 1. The molecule has 0 radical (unpaired) electrons. The summed E-state index contributed by atoms with van der Waals surface area (Å²) < 4.78 is 0. The molecule has 3 N–H and O–H groups in total. The molecule has 1 aliphatic rings. The lowest BCUT2D eigenvalue weighted by molar-refractivity contribution is -0.133. The Kier molecular flexibility index (Phi) is 3.84. The molecule has 0 unspecified atom stereocenters. The summed E-state index contributed by atoms with van der Waals surface area (Å²) in [4.78, 5) is 13.6. The van der Waals surface area contributed by atoms with Crippen molar-refractivity contribution in [1.29, 1.82) is 0 Å². The van der Waals surface area contributed by atoms with Gasteiger partial charge < -0.3 is 15.8 Å². The van der Waals surface area contributed by atoms with Crippen LogP contribution in [0.15, 0.2) is 5.16 Å². The first kappa shape index (κ1) is 12.2. The minimum Gasteiger partial charge on any atom is -0.409 e. The van der Waals surface area contributed by atoms with E-state index in [1.165, 1.54) is 0 Å². The third-order valence-corrected chi connectivity index (χ3v) is 3.33. The van der Waals surface area contributed by atoms with E-state index in [2.05, 4.69) is 5.16 Å². The quantitative estimate of drug-likeness (QED) is 0.309. The second-order valence-electron chi connectivity index (χ2n) is 3.79. The Labute approximate surface area is 93.7 Å². The molecule has 1 rings (SSSR count). The lowest BCUT2D eigenvalue weighted by Crippen LogP contribution is -2.42. The largest absolute Gasteiger partial charge is 0.409 e. The zero-order valence-corrected chi connectivity index (χ0v) is 9.88. The highest BCUT2D eigenvalue weighted by molar-refractivity contribution is 7.98. The molecule has 0 aromatic carbocycles. The molecule has 5 nitrogen and oxygen atoms in total. The molecule has 0 saturated heterocycles. The fourth-order valence-electron chi connectivity index (χ4n) is 1.50. The number of amides is 1. The average molecular weight is 231 g/mol. The molecule has 0 aromatic heterocycles. The monoisotopic (exact) mass is 231 g/mol. The van der Waals surface area contributed by atoms with Gasteiger partial charge >= 0.3 is 0 Å². The van der Waals surface area contributed by atoms with Crippen molar-refractivity contribution in [2.24, 2.45) is 16.3 Å². The average Bonchev–Trinajstić information content (AvgIpc) is 3.04. The number of carbonyl (C=O) groups is 1. The Morgan fingerprint density at radius 3 is 2.67 bits per heavy atom. The van der Waals surface area contributed by atoms with Crippen molar-refractivity contribution >= 4 is 23.5 Å². The summed E-state index contributed by atoms with van der Waals surface area (Å²) in [6.07, 6.45) is 3.37. The Morgan fingerprint density at radius 2 is 2.27 bits per heavy atom. The molecule has 0 spiro atoms. The fourth-order valence-corrected chi connectivity index (χ4v) is 1.95. The normalized spacial score (nSPS) is 18.7. The standard InChI is InChI=1S/C9H17N3O2S/c1-12(5-6-15-2)8(13)9(3-4-9)7(10)11-14/h14H,3-6H2,1-2H3,(H2,10,11). The number of nitrogens with zero attached hydrogens (tertiary/aromatic N) is 2. The van der Waals surface area contributed by atoms with E-state index in [1.807, 2.05) is 6.26 Å². The summed E-state index contributed by atoms with van der Waals surface area (Å²) >= 11 is 1.69. The van der Waals surface area contributed by atoms with E-state index in [0.717, 1.165) is 5.75 Å². The Hall–Kier alpha value is -0.910. The van der Waals surface area contributed by atoms with Crippen LogP contribution in [0.3, 0.4) is 0 Å². The van der Waals surface area contributed by atoms with Crippen molar-refractivity contribution in [3.63, 3.8) is 0 Å². The van der Waals surface area contributed by atoms with Gasteiger partial charge in [-0.25, -0.2) is 0 Å². The maximum absolute atomic E-state index is 12.0. The number of hydrogen-bond donors (Lipinski definition) is 2. The molecule has 6 heteroatoms. The Morgan fingerprint density at radius 1 is 1.67 bits per heavy atom. The highest BCUT2D eigenvalue weighted by atomic mass is 32.2. The van der Waals surface area contributed by atoms with E-state index in [-0.39, 0.29) is 11.7 Å². The van der Waals surface area contributed by atoms with Crippen LogP contribution in [-0.2, 0) is 4.79 Å². The molecule has 86 valence electrons. The van der Waals surface area contributed by atoms with Gasteiger partial charge in [0.25, 0.3) is 0 Å². The zero-order chi connectivity index (χ0) is 11.5. The Bertz CT molecular complexity index is 277. The van der Waals surface area contributed by atoms with Crippen LogP contribution in [-0.4, -0.2) is 47.5 Å². The molecule has 0 atom stereocenters. The van der Waals surface area contributed by atoms with Gasteiger partial charge in [-0.2, -0.15) is 11.8 Å². The van der Waals surface area contributed by atoms with Crippen LogP contribution >= 0.6 is 11.8 Å². The smallest absolute Gasteiger partial charge is 0.236 e. The topological polar surface area (TPSA) is 78.9 Å². The van der Waals surface area contributed by atoms with Gasteiger partial charge in [0.15, 0.2) is 5.84 Å². The number of rotatable bonds is 5. The van der Waals surface area contributed by atoms with Crippen molar-refractivity contribution in [3.05, 3.63) is 0 Å². The Balaban J connectivity index is 2.60. The van der Waals surface area contributed by atoms with Crippen LogP contribution in [0, 0.1) is 5.41 Å². The number of carbonyl (C=O) groups excluding carboxylic acids is 1. The predicted molar refractivity (Wildman–Crippen MR) is 61.1 cm³/mol. The predicted octanol–water partition coefficient (Wildman–Crippen LogP) is 0.334. The number of hydrogen-bond acceptors (Lipinski definition) is 4. The van der Waals surface area contributed by atoms with Gasteiger partial charge in [0.1, 0.15) is 5.41 Å². The third-order valence-electron chi connectivity index (χ3n) is 2.73. The van der Waals surface area contributed by atoms with Crippen molar-refractivity contribution in [1.82, 2.24) is 4.90 Å². The van der Waals surface area contributed by atoms with Gasteiger partial charge in [-0.15, -0.1) is 0 Å². The van der Waals surface area contributed by atoms with Gasteiger partial charge in [-0.3, -0.25) is 4.79 Å². The summed E-state index contributed by atoms with van der Waals surface area (Å²) in [6, 6.07) is 0.